The van der Waals surface area contributed by atoms with Crippen LogP contribution >= 0.6 is 0 Å². The van der Waals surface area contributed by atoms with Gasteiger partial charge in [-0.3, -0.25) is 0 Å². The molecule has 0 atom stereocenters. The second-order valence-electron chi connectivity index (χ2n) is 4.35. The van der Waals surface area contributed by atoms with Gasteiger partial charge >= 0.3 is 0 Å². The van der Waals surface area contributed by atoms with Crippen LogP contribution in [-0.4, -0.2) is 17.0 Å². The zero-order valence-electron chi connectivity index (χ0n) is 10.6. The molecule has 19 heavy (non-hydrogen) atoms. The van der Waals surface area contributed by atoms with Crippen molar-refractivity contribution in [1.29, 1.82) is 0 Å². The summed E-state index contributed by atoms with van der Waals surface area (Å²) in [5.74, 6) is 1.39. The second-order valence-corrected chi connectivity index (χ2v) is 4.35. The largest absolute Gasteiger partial charge is 0.384 e. The molecule has 0 amide bonds. The van der Waals surface area contributed by atoms with Gasteiger partial charge in [0.1, 0.15) is 11.6 Å². The number of hydrogen-bond acceptors (Lipinski definition) is 4. The zero-order chi connectivity index (χ0) is 13.2. The van der Waals surface area contributed by atoms with Crippen LogP contribution in [0.25, 0.3) is 21.9 Å². The normalized spacial score (nSPS) is 10.6. The highest BCUT2D eigenvalue weighted by atomic mass is 14.9. The van der Waals surface area contributed by atoms with Crippen molar-refractivity contribution in [3.05, 3.63) is 48.8 Å². The number of benzene rings is 1. The van der Waals surface area contributed by atoms with Crippen molar-refractivity contribution in [2.45, 2.75) is 0 Å². The van der Waals surface area contributed by atoms with Gasteiger partial charge in [-0.25, -0.2) is 9.97 Å². The summed E-state index contributed by atoms with van der Waals surface area (Å²) in [6.45, 7) is 0. The topological polar surface area (TPSA) is 63.8 Å². The Hall–Kier alpha value is -2.62. The average molecular weight is 250 g/mol. The van der Waals surface area contributed by atoms with Crippen molar-refractivity contribution in [3.8, 4) is 11.1 Å². The molecule has 1 aromatic carbocycles. The summed E-state index contributed by atoms with van der Waals surface area (Å²) in [7, 11) is 1.86. The molecule has 0 aliphatic heterocycles. The van der Waals surface area contributed by atoms with Gasteiger partial charge in [0.15, 0.2) is 0 Å². The van der Waals surface area contributed by atoms with Crippen LogP contribution < -0.4 is 11.1 Å². The van der Waals surface area contributed by atoms with Crippen molar-refractivity contribution >= 4 is 22.4 Å². The minimum Gasteiger partial charge on any atom is -0.384 e. The van der Waals surface area contributed by atoms with Gasteiger partial charge in [-0.2, -0.15) is 0 Å². The van der Waals surface area contributed by atoms with Crippen LogP contribution in [0, 0.1) is 0 Å². The van der Waals surface area contributed by atoms with E-state index >= 15 is 0 Å². The Balaban J connectivity index is 2.12. The summed E-state index contributed by atoms with van der Waals surface area (Å²) in [6.07, 6.45) is 3.66. The van der Waals surface area contributed by atoms with Gasteiger partial charge in [-0.05, 0) is 35.2 Å². The molecule has 0 fully saturated rings. The molecule has 4 heteroatoms. The lowest BCUT2D eigenvalue weighted by Gasteiger charge is -2.05. The number of anilines is 2. The molecule has 2 heterocycles. The monoisotopic (exact) mass is 250 g/mol. The smallest absolute Gasteiger partial charge is 0.126 e. The lowest BCUT2D eigenvalue weighted by Crippen LogP contribution is -1.91. The number of hydrogen-bond donors (Lipinski definition) is 2. The highest BCUT2D eigenvalue weighted by Crippen LogP contribution is 2.25. The van der Waals surface area contributed by atoms with Gasteiger partial charge in [0.05, 0.1) is 0 Å². The Morgan fingerprint density at radius 1 is 0.895 bits per heavy atom. The van der Waals surface area contributed by atoms with Gasteiger partial charge in [0, 0.05) is 30.4 Å². The molecule has 3 rings (SSSR count). The highest BCUT2D eigenvalue weighted by Gasteiger charge is 2.01. The number of aromatic nitrogens is 2. The SMILES string of the molecule is CNc1cc2cc(-c3ccc(N)nc3)ccc2cn1. The Morgan fingerprint density at radius 3 is 2.47 bits per heavy atom. The number of fused-ring (bicyclic) bond motifs is 1. The number of nitrogens with zero attached hydrogens (tertiary/aromatic N) is 2. The fraction of sp³-hybridized carbons (Fsp3) is 0.0667. The number of nitrogens with one attached hydrogen (secondary N) is 1. The molecule has 2 aromatic heterocycles. The molecule has 4 nitrogen and oxygen atoms in total. The van der Waals surface area contributed by atoms with Crippen molar-refractivity contribution in [1.82, 2.24) is 9.97 Å². The minimum atomic E-state index is 0.534. The predicted octanol–water partition coefficient (Wildman–Crippen LogP) is 2.92. The van der Waals surface area contributed by atoms with Gasteiger partial charge < -0.3 is 11.1 Å². The van der Waals surface area contributed by atoms with Crippen LogP contribution in [-0.2, 0) is 0 Å². The quantitative estimate of drug-likeness (QED) is 0.734. The van der Waals surface area contributed by atoms with Crippen molar-refractivity contribution in [3.63, 3.8) is 0 Å². The van der Waals surface area contributed by atoms with Gasteiger partial charge in [-0.15, -0.1) is 0 Å². The number of nitrogens with two attached hydrogens (primary N) is 1. The zero-order valence-corrected chi connectivity index (χ0v) is 10.6. The third-order valence-electron chi connectivity index (χ3n) is 3.10. The number of rotatable bonds is 2. The van der Waals surface area contributed by atoms with Crippen LogP contribution in [0.3, 0.4) is 0 Å². The summed E-state index contributed by atoms with van der Waals surface area (Å²) in [5, 5.41) is 5.31. The van der Waals surface area contributed by atoms with E-state index in [1.54, 1.807) is 6.20 Å². The van der Waals surface area contributed by atoms with Gasteiger partial charge in [0.2, 0.25) is 0 Å². The number of nitrogen functional groups attached to an aromatic ring is 1. The Labute approximate surface area is 111 Å². The lowest BCUT2D eigenvalue weighted by atomic mass is 10.0. The van der Waals surface area contributed by atoms with E-state index in [0.29, 0.717) is 5.82 Å². The molecule has 94 valence electrons. The van der Waals surface area contributed by atoms with E-state index in [4.69, 9.17) is 5.73 Å². The second kappa shape index (κ2) is 4.57. The molecule has 0 aliphatic rings. The van der Waals surface area contributed by atoms with E-state index in [-0.39, 0.29) is 0 Å². The summed E-state index contributed by atoms with van der Waals surface area (Å²) < 4.78 is 0. The molecule has 0 bridgehead atoms. The molecule has 0 spiro atoms. The molecule has 3 aromatic rings. The number of pyridine rings is 2. The fourth-order valence-corrected chi connectivity index (χ4v) is 2.03. The molecule has 0 saturated carbocycles. The van der Waals surface area contributed by atoms with E-state index in [1.807, 2.05) is 31.4 Å². The molecule has 0 aliphatic carbocycles. The molecule has 3 N–H and O–H groups in total. The van der Waals surface area contributed by atoms with E-state index in [0.717, 1.165) is 27.7 Å². The van der Waals surface area contributed by atoms with Crippen LogP contribution in [0.15, 0.2) is 48.8 Å². The highest BCUT2D eigenvalue weighted by molar-refractivity contribution is 5.88. The maximum atomic E-state index is 5.61. The van der Waals surface area contributed by atoms with Gasteiger partial charge in [-0.1, -0.05) is 12.1 Å². The van der Waals surface area contributed by atoms with Crippen molar-refractivity contribution in [2.24, 2.45) is 0 Å². The van der Waals surface area contributed by atoms with Gasteiger partial charge in [0.25, 0.3) is 0 Å². The summed E-state index contributed by atoms with van der Waals surface area (Å²) >= 11 is 0. The summed E-state index contributed by atoms with van der Waals surface area (Å²) in [6, 6.07) is 12.1. The average Bonchev–Trinajstić information content (AvgIpc) is 2.47. The molecule has 0 unspecified atom stereocenters. The Kier molecular flexibility index (Phi) is 2.76. The summed E-state index contributed by atoms with van der Waals surface area (Å²) in [5.41, 5.74) is 7.78. The van der Waals surface area contributed by atoms with Crippen LogP contribution in [0.2, 0.25) is 0 Å². The summed E-state index contributed by atoms with van der Waals surface area (Å²) in [4.78, 5) is 8.42. The first kappa shape index (κ1) is 11.5. The third-order valence-corrected chi connectivity index (χ3v) is 3.10. The lowest BCUT2D eigenvalue weighted by molar-refractivity contribution is 1.31. The van der Waals surface area contributed by atoms with E-state index < -0.39 is 0 Å². The van der Waals surface area contributed by atoms with Crippen molar-refractivity contribution < 1.29 is 0 Å². The Morgan fingerprint density at radius 2 is 1.74 bits per heavy atom. The standard InChI is InChI=1S/C15H14N4/c1-17-15-7-13-6-10(2-3-12(13)9-19-15)11-4-5-14(16)18-8-11/h2-9H,1H3,(H2,16,18)(H,17,19). The van der Waals surface area contributed by atoms with Crippen molar-refractivity contribution in [2.75, 3.05) is 18.1 Å². The van der Waals surface area contributed by atoms with Crippen LogP contribution in [0.1, 0.15) is 0 Å². The molecule has 0 saturated heterocycles. The fourth-order valence-electron chi connectivity index (χ4n) is 2.03. The van der Waals surface area contributed by atoms with E-state index in [2.05, 4.69) is 33.5 Å². The first-order valence-electron chi connectivity index (χ1n) is 6.06. The first-order chi connectivity index (χ1) is 9.26. The maximum absolute atomic E-state index is 5.61. The molecule has 0 radical (unpaired) electrons. The first-order valence-corrected chi connectivity index (χ1v) is 6.06. The van der Waals surface area contributed by atoms with E-state index in [9.17, 15) is 0 Å². The Bertz CT molecular complexity index is 720. The van der Waals surface area contributed by atoms with Crippen LogP contribution in [0.5, 0.6) is 0 Å². The van der Waals surface area contributed by atoms with E-state index in [1.165, 1.54) is 0 Å². The third kappa shape index (κ3) is 2.20. The minimum absolute atomic E-state index is 0.534. The maximum Gasteiger partial charge on any atom is 0.126 e. The predicted molar refractivity (Wildman–Crippen MR) is 78.9 cm³/mol. The molecular weight excluding hydrogens is 236 g/mol. The van der Waals surface area contributed by atoms with Crippen LogP contribution in [0.4, 0.5) is 11.6 Å². The molecular formula is C15H14N4.